The molecule has 1 unspecified atom stereocenters. The van der Waals surface area contributed by atoms with E-state index in [9.17, 15) is 9.90 Å². The summed E-state index contributed by atoms with van der Waals surface area (Å²) in [7, 11) is 0. The molecular weight excluding hydrogens is 250 g/mol. The number of benzene rings is 1. The summed E-state index contributed by atoms with van der Waals surface area (Å²) in [5, 5.41) is 9.43. The van der Waals surface area contributed by atoms with E-state index in [0.717, 1.165) is 24.0 Å². The largest absolute Gasteiger partial charge is 0.481 e. The maximum absolute atomic E-state index is 11.5. The highest BCUT2D eigenvalue weighted by molar-refractivity contribution is 5.79. The predicted molar refractivity (Wildman–Crippen MR) is 84.0 cm³/mol. The van der Waals surface area contributed by atoms with Gasteiger partial charge in [-0.15, -0.1) is 0 Å². The molecule has 20 heavy (non-hydrogen) atoms. The van der Waals surface area contributed by atoms with Gasteiger partial charge in [0, 0.05) is 5.69 Å². The van der Waals surface area contributed by atoms with Gasteiger partial charge in [-0.05, 0) is 24.5 Å². The number of aryl methyl sites for hydroxylation is 1. The summed E-state index contributed by atoms with van der Waals surface area (Å²) in [6.45, 7) is 4.11. The lowest BCUT2D eigenvalue weighted by Crippen LogP contribution is -2.14. The second kappa shape index (κ2) is 8.62. The second-order valence-corrected chi connectivity index (χ2v) is 5.53. The Hall–Kier alpha value is -1.51. The molecule has 0 heterocycles. The van der Waals surface area contributed by atoms with Gasteiger partial charge >= 0.3 is 5.97 Å². The lowest BCUT2D eigenvalue weighted by molar-refractivity contribution is -0.139. The predicted octanol–water partition coefficient (Wildman–Crippen LogP) is 4.50. The van der Waals surface area contributed by atoms with Crippen molar-refractivity contribution in [1.82, 2.24) is 0 Å². The van der Waals surface area contributed by atoms with Crippen LogP contribution in [-0.2, 0) is 4.79 Å². The smallest absolute Gasteiger partial charge is 0.311 e. The molecule has 0 radical (unpaired) electrons. The molecule has 0 bridgehead atoms. The topological polar surface area (TPSA) is 63.3 Å². The average molecular weight is 277 g/mol. The maximum atomic E-state index is 11.5. The average Bonchev–Trinajstić information content (AvgIpc) is 2.41. The van der Waals surface area contributed by atoms with Gasteiger partial charge in [-0.1, -0.05) is 63.6 Å². The Morgan fingerprint density at radius 1 is 1.20 bits per heavy atom. The summed E-state index contributed by atoms with van der Waals surface area (Å²) < 4.78 is 0. The van der Waals surface area contributed by atoms with E-state index in [1.165, 1.54) is 25.7 Å². The Morgan fingerprint density at radius 2 is 1.85 bits per heavy atom. The number of carbonyl (C=O) groups is 1. The van der Waals surface area contributed by atoms with Crippen LogP contribution in [0.1, 0.15) is 68.9 Å². The normalized spacial score (nSPS) is 12.3. The van der Waals surface area contributed by atoms with Gasteiger partial charge in [-0.25, -0.2) is 0 Å². The van der Waals surface area contributed by atoms with Crippen LogP contribution in [0.2, 0.25) is 0 Å². The SMILES string of the molecule is CCCCCCCCC(C(=O)O)c1cccc(C)c1N. The van der Waals surface area contributed by atoms with Gasteiger partial charge in [-0.2, -0.15) is 0 Å². The summed E-state index contributed by atoms with van der Waals surface area (Å²) in [6.07, 6.45) is 7.69. The molecule has 0 aromatic heterocycles. The quantitative estimate of drug-likeness (QED) is 0.516. The van der Waals surface area contributed by atoms with Crippen molar-refractivity contribution in [1.29, 1.82) is 0 Å². The number of nitrogens with two attached hydrogens (primary N) is 1. The fraction of sp³-hybridized carbons (Fsp3) is 0.588. The van der Waals surface area contributed by atoms with E-state index in [2.05, 4.69) is 6.92 Å². The minimum atomic E-state index is -0.768. The first-order valence-electron chi connectivity index (χ1n) is 7.65. The minimum Gasteiger partial charge on any atom is -0.481 e. The monoisotopic (exact) mass is 277 g/mol. The number of anilines is 1. The highest BCUT2D eigenvalue weighted by Crippen LogP contribution is 2.29. The van der Waals surface area contributed by atoms with Crippen molar-refractivity contribution in [3.8, 4) is 0 Å². The third-order valence-corrected chi connectivity index (χ3v) is 3.88. The highest BCUT2D eigenvalue weighted by atomic mass is 16.4. The lowest BCUT2D eigenvalue weighted by atomic mass is 9.90. The molecule has 3 heteroatoms. The van der Waals surface area contributed by atoms with E-state index >= 15 is 0 Å². The molecule has 0 amide bonds. The highest BCUT2D eigenvalue weighted by Gasteiger charge is 2.21. The number of hydrogen-bond acceptors (Lipinski definition) is 2. The van der Waals surface area contributed by atoms with Crippen molar-refractivity contribution in [2.24, 2.45) is 0 Å². The Morgan fingerprint density at radius 3 is 2.50 bits per heavy atom. The van der Waals surface area contributed by atoms with Crippen LogP contribution in [-0.4, -0.2) is 11.1 Å². The van der Waals surface area contributed by atoms with E-state index in [4.69, 9.17) is 5.73 Å². The summed E-state index contributed by atoms with van der Waals surface area (Å²) in [6, 6.07) is 5.65. The summed E-state index contributed by atoms with van der Waals surface area (Å²) in [4.78, 5) is 11.5. The molecule has 1 rings (SSSR count). The molecule has 3 N–H and O–H groups in total. The van der Waals surface area contributed by atoms with Crippen LogP contribution >= 0.6 is 0 Å². The molecule has 1 atom stereocenters. The van der Waals surface area contributed by atoms with Crippen LogP contribution in [0, 0.1) is 6.92 Å². The molecular formula is C17H27NO2. The van der Waals surface area contributed by atoms with Crippen molar-refractivity contribution in [3.05, 3.63) is 29.3 Å². The van der Waals surface area contributed by atoms with Gasteiger partial charge in [0.25, 0.3) is 0 Å². The van der Waals surface area contributed by atoms with Crippen molar-refractivity contribution in [2.75, 3.05) is 5.73 Å². The van der Waals surface area contributed by atoms with Crippen molar-refractivity contribution in [2.45, 2.75) is 64.7 Å². The summed E-state index contributed by atoms with van der Waals surface area (Å²) >= 11 is 0. The maximum Gasteiger partial charge on any atom is 0.311 e. The molecule has 1 aromatic carbocycles. The first-order chi connectivity index (χ1) is 9.57. The molecule has 0 fully saturated rings. The lowest BCUT2D eigenvalue weighted by Gasteiger charge is -2.16. The second-order valence-electron chi connectivity index (χ2n) is 5.53. The third kappa shape index (κ3) is 4.87. The van der Waals surface area contributed by atoms with Gasteiger partial charge in [0.15, 0.2) is 0 Å². The van der Waals surface area contributed by atoms with E-state index in [1.54, 1.807) is 0 Å². The molecule has 0 aliphatic heterocycles. The number of hydrogen-bond donors (Lipinski definition) is 2. The molecule has 0 spiro atoms. The fourth-order valence-corrected chi connectivity index (χ4v) is 2.55. The van der Waals surface area contributed by atoms with E-state index in [0.29, 0.717) is 12.1 Å². The Labute approximate surface area is 122 Å². The van der Waals surface area contributed by atoms with Crippen molar-refractivity contribution >= 4 is 11.7 Å². The van der Waals surface area contributed by atoms with Crippen LogP contribution < -0.4 is 5.73 Å². The number of para-hydroxylation sites is 1. The number of carboxylic acid groups (broad SMARTS) is 1. The first-order valence-corrected chi connectivity index (χ1v) is 7.65. The van der Waals surface area contributed by atoms with Gasteiger partial charge in [-0.3, -0.25) is 4.79 Å². The van der Waals surface area contributed by atoms with Crippen LogP contribution in [0.4, 0.5) is 5.69 Å². The molecule has 3 nitrogen and oxygen atoms in total. The molecule has 1 aromatic rings. The number of unbranched alkanes of at least 4 members (excludes halogenated alkanes) is 5. The van der Waals surface area contributed by atoms with Gasteiger partial charge in [0.1, 0.15) is 0 Å². The van der Waals surface area contributed by atoms with Gasteiger partial charge in [0.05, 0.1) is 5.92 Å². The van der Waals surface area contributed by atoms with E-state index in [1.807, 2.05) is 25.1 Å². The molecule has 0 aliphatic carbocycles. The van der Waals surface area contributed by atoms with Gasteiger partial charge in [0.2, 0.25) is 0 Å². The Balaban J connectivity index is 2.57. The zero-order valence-electron chi connectivity index (χ0n) is 12.7. The molecule has 0 saturated carbocycles. The Bertz CT molecular complexity index is 429. The van der Waals surface area contributed by atoms with E-state index in [-0.39, 0.29) is 0 Å². The van der Waals surface area contributed by atoms with Crippen molar-refractivity contribution < 1.29 is 9.90 Å². The van der Waals surface area contributed by atoms with Crippen molar-refractivity contribution in [3.63, 3.8) is 0 Å². The number of rotatable bonds is 9. The third-order valence-electron chi connectivity index (χ3n) is 3.88. The zero-order chi connectivity index (χ0) is 15.0. The summed E-state index contributed by atoms with van der Waals surface area (Å²) in [5.74, 6) is -1.24. The number of nitrogen functional groups attached to an aromatic ring is 1. The number of aliphatic carboxylic acids is 1. The summed E-state index contributed by atoms with van der Waals surface area (Å²) in [5.41, 5.74) is 8.38. The number of carboxylic acids is 1. The fourth-order valence-electron chi connectivity index (χ4n) is 2.55. The van der Waals surface area contributed by atoms with Crippen LogP contribution in [0.5, 0.6) is 0 Å². The molecule has 112 valence electrons. The van der Waals surface area contributed by atoms with Crippen LogP contribution in [0.3, 0.4) is 0 Å². The molecule has 0 aliphatic rings. The first kappa shape index (κ1) is 16.5. The Kier molecular flexibility index (Phi) is 7.13. The zero-order valence-corrected chi connectivity index (χ0v) is 12.7. The van der Waals surface area contributed by atoms with Gasteiger partial charge < -0.3 is 10.8 Å². The van der Waals surface area contributed by atoms with Crippen LogP contribution in [0.15, 0.2) is 18.2 Å². The minimum absolute atomic E-state index is 0.471. The standard InChI is InChI=1S/C17H27NO2/c1-3-4-5-6-7-8-11-15(17(19)20)14-12-9-10-13(2)16(14)18/h9-10,12,15H,3-8,11,18H2,1-2H3,(H,19,20). The molecule has 0 saturated heterocycles. The van der Waals surface area contributed by atoms with E-state index < -0.39 is 11.9 Å². The van der Waals surface area contributed by atoms with Crippen LogP contribution in [0.25, 0.3) is 0 Å².